The molecule has 0 spiro atoms. The molecule has 2 atom stereocenters. The second-order valence-corrected chi connectivity index (χ2v) is 8.57. The lowest BCUT2D eigenvalue weighted by molar-refractivity contribution is -0.146. The summed E-state index contributed by atoms with van der Waals surface area (Å²) in [7, 11) is -0.369. The van der Waals surface area contributed by atoms with Crippen LogP contribution in [0, 0.1) is 5.92 Å². The summed E-state index contributed by atoms with van der Waals surface area (Å²) in [6.07, 6.45) is 1.29. The Morgan fingerprint density at radius 1 is 1.29 bits per heavy atom. The van der Waals surface area contributed by atoms with Gasteiger partial charge in [-0.3, -0.25) is 9.36 Å². The van der Waals surface area contributed by atoms with Gasteiger partial charge in [0.05, 0.1) is 26.1 Å². The molecule has 1 fully saturated rings. The summed E-state index contributed by atoms with van der Waals surface area (Å²) in [6.45, 7) is 5.00. The van der Waals surface area contributed by atoms with Crippen molar-refractivity contribution >= 4 is 18.8 Å². The molecule has 6 nitrogen and oxygen atoms in total. The number of ether oxygens (including phenoxy) is 2. The van der Waals surface area contributed by atoms with Crippen LogP contribution in [0.3, 0.4) is 0 Å². The summed E-state index contributed by atoms with van der Waals surface area (Å²) in [5, 5.41) is 0.570. The van der Waals surface area contributed by atoms with Gasteiger partial charge < -0.3 is 14.0 Å². The largest absolute Gasteiger partial charge is 0.497 e. The highest BCUT2D eigenvalue weighted by Gasteiger charge is 2.44. The minimum absolute atomic E-state index is 0.264. The van der Waals surface area contributed by atoms with E-state index in [-0.39, 0.29) is 11.9 Å². The summed E-state index contributed by atoms with van der Waals surface area (Å²) in [5.41, 5.74) is 0. The van der Waals surface area contributed by atoms with E-state index in [1.807, 2.05) is 13.8 Å². The van der Waals surface area contributed by atoms with E-state index in [2.05, 4.69) is 0 Å². The van der Waals surface area contributed by atoms with Crippen LogP contribution in [0.1, 0.15) is 26.7 Å². The van der Waals surface area contributed by atoms with Crippen molar-refractivity contribution in [3.05, 3.63) is 24.3 Å². The number of carbonyl (C=O) groups excluding carboxylic acids is 1. The van der Waals surface area contributed by atoms with Gasteiger partial charge in [-0.15, -0.1) is 0 Å². The molecular formula is C17H26NO5P. The van der Waals surface area contributed by atoms with Crippen molar-refractivity contribution < 1.29 is 23.4 Å². The Kier molecular flexibility index (Phi) is 6.44. The van der Waals surface area contributed by atoms with Gasteiger partial charge in [-0.05, 0) is 43.0 Å². The van der Waals surface area contributed by atoms with Gasteiger partial charge in [0.1, 0.15) is 11.8 Å². The summed E-state index contributed by atoms with van der Waals surface area (Å²) in [5.74, 6) is 0.573. The van der Waals surface area contributed by atoms with Crippen LogP contribution in [0.2, 0.25) is 0 Å². The molecule has 1 aromatic rings. The molecule has 1 heterocycles. The molecule has 2 rings (SSSR count). The van der Waals surface area contributed by atoms with Crippen LogP contribution in [0.5, 0.6) is 5.75 Å². The molecule has 1 aliphatic heterocycles. The Balaban J connectivity index is 2.39. The van der Waals surface area contributed by atoms with Crippen molar-refractivity contribution in [3.8, 4) is 5.75 Å². The number of hydrogen-bond donors (Lipinski definition) is 0. The molecule has 0 radical (unpaired) electrons. The zero-order valence-corrected chi connectivity index (χ0v) is 15.6. The molecule has 0 amide bonds. The van der Waals surface area contributed by atoms with E-state index in [0.29, 0.717) is 30.6 Å². The molecule has 1 aliphatic rings. The molecule has 7 heteroatoms. The maximum atomic E-state index is 13.7. The number of hydrogen-bond acceptors (Lipinski definition) is 5. The Hall–Kier alpha value is -1.36. The predicted molar refractivity (Wildman–Crippen MR) is 92.8 cm³/mol. The van der Waals surface area contributed by atoms with Crippen LogP contribution in [0.15, 0.2) is 24.3 Å². The summed E-state index contributed by atoms with van der Waals surface area (Å²) in [6, 6.07) is 6.40. The first kappa shape index (κ1) is 19.0. The van der Waals surface area contributed by atoms with Crippen molar-refractivity contribution in [3.63, 3.8) is 0 Å². The molecule has 1 aromatic carbocycles. The number of rotatable bonds is 6. The lowest BCUT2D eigenvalue weighted by atomic mass is 10.0. The molecule has 0 bridgehead atoms. The Bertz CT molecular complexity index is 602. The highest BCUT2D eigenvalue weighted by atomic mass is 31.2. The van der Waals surface area contributed by atoms with Crippen LogP contribution >= 0.6 is 7.52 Å². The van der Waals surface area contributed by atoms with Gasteiger partial charge in [0.2, 0.25) is 0 Å². The van der Waals surface area contributed by atoms with Gasteiger partial charge in [-0.2, -0.15) is 0 Å². The van der Waals surface area contributed by atoms with Gasteiger partial charge >= 0.3 is 13.5 Å². The third kappa shape index (κ3) is 4.00. The standard InChI is InChI=1S/C17H26NO5P/c1-13(2)12-16(17(19)22-4)18-10-5-11-23-24(18,20)15-8-6-14(21-3)7-9-15/h6-9,13,16H,5,10-12H2,1-4H3/t16-,24?/m1/s1. The van der Waals surface area contributed by atoms with Crippen LogP contribution in [-0.2, 0) is 18.6 Å². The number of nitrogens with zero attached hydrogens (tertiary/aromatic N) is 1. The topological polar surface area (TPSA) is 65.1 Å². The normalized spacial score (nSPS) is 23.0. The van der Waals surface area contributed by atoms with Crippen molar-refractivity contribution in [1.82, 2.24) is 4.67 Å². The maximum Gasteiger partial charge on any atom is 0.323 e. The van der Waals surface area contributed by atoms with Crippen LogP contribution in [0.25, 0.3) is 0 Å². The van der Waals surface area contributed by atoms with Crippen molar-refractivity contribution in [1.29, 1.82) is 0 Å². The quantitative estimate of drug-likeness (QED) is 0.578. The minimum atomic E-state index is -3.31. The Labute approximate surface area is 143 Å². The summed E-state index contributed by atoms with van der Waals surface area (Å²) < 4.78 is 31.2. The fourth-order valence-corrected chi connectivity index (χ4v) is 5.33. The van der Waals surface area contributed by atoms with E-state index in [1.165, 1.54) is 7.11 Å². The van der Waals surface area contributed by atoms with Gasteiger partial charge in [0.25, 0.3) is 0 Å². The van der Waals surface area contributed by atoms with E-state index >= 15 is 0 Å². The van der Waals surface area contributed by atoms with E-state index in [9.17, 15) is 9.36 Å². The van der Waals surface area contributed by atoms with Gasteiger partial charge in [-0.25, -0.2) is 4.67 Å². The highest BCUT2D eigenvalue weighted by Crippen LogP contribution is 2.54. The summed E-state index contributed by atoms with van der Waals surface area (Å²) >= 11 is 0. The van der Waals surface area contributed by atoms with Crippen LogP contribution in [-0.4, -0.2) is 44.1 Å². The molecule has 0 N–H and O–H groups in total. The predicted octanol–water partition coefficient (Wildman–Crippen LogP) is 2.82. The van der Waals surface area contributed by atoms with E-state index < -0.39 is 13.6 Å². The first-order chi connectivity index (χ1) is 11.4. The zero-order valence-electron chi connectivity index (χ0n) is 14.7. The van der Waals surface area contributed by atoms with Crippen LogP contribution in [0.4, 0.5) is 0 Å². The van der Waals surface area contributed by atoms with E-state index in [4.69, 9.17) is 14.0 Å². The Morgan fingerprint density at radius 2 is 1.96 bits per heavy atom. The van der Waals surface area contributed by atoms with Gasteiger partial charge in [0, 0.05) is 6.54 Å². The van der Waals surface area contributed by atoms with Crippen molar-refractivity contribution in [2.45, 2.75) is 32.7 Å². The second kappa shape index (κ2) is 8.15. The third-order valence-electron chi connectivity index (χ3n) is 4.06. The van der Waals surface area contributed by atoms with Crippen molar-refractivity contribution in [2.24, 2.45) is 5.92 Å². The summed E-state index contributed by atoms with van der Waals surface area (Å²) in [4.78, 5) is 12.3. The minimum Gasteiger partial charge on any atom is -0.497 e. The lowest BCUT2D eigenvalue weighted by Gasteiger charge is -2.39. The SMILES string of the molecule is COC(=O)[C@@H](CC(C)C)N1CCCOP1(=O)c1ccc(OC)cc1. The number of carbonyl (C=O) groups is 1. The number of esters is 1. The third-order valence-corrected chi connectivity index (χ3v) is 6.70. The molecule has 1 unspecified atom stereocenters. The fraction of sp³-hybridized carbons (Fsp3) is 0.588. The van der Waals surface area contributed by atoms with Gasteiger partial charge in [-0.1, -0.05) is 13.8 Å². The molecule has 1 saturated heterocycles. The van der Waals surface area contributed by atoms with E-state index in [1.54, 1.807) is 36.0 Å². The van der Waals surface area contributed by atoms with Gasteiger partial charge in [0.15, 0.2) is 0 Å². The molecule has 0 aromatic heterocycles. The zero-order chi connectivity index (χ0) is 17.7. The average molecular weight is 355 g/mol. The highest BCUT2D eigenvalue weighted by molar-refractivity contribution is 7.64. The van der Waals surface area contributed by atoms with E-state index in [0.717, 1.165) is 6.42 Å². The average Bonchev–Trinajstić information content (AvgIpc) is 2.59. The maximum absolute atomic E-state index is 13.7. The monoisotopic (exact) mass is 355 g/mol. The molecule has 0 aliphatic carbocycles. The molecule has 134 valence electrons. The van der Waals surface area contributed by atoms with Crippen molar-refractivity contribution in [2.75, 3.05) is 27.4 Å². The molecular weight excluding hydrogens is 329 g/mol. The van der Waals surface area contributed by atoms with Crippen LogP contribution < -0.4 is 10.0 Å². The number of benzene rings is 1. The smallest absolute Gasteiger partial charge is 0.323 e. The fourth-order valence-electron chi connectivity index (χ4n) is 2.88. The lowest BCUT2D eigenvalue weighted by Crippen LogP contribution is -2.45. The number of methoxy groups -OCH3 is 2. The Morgan fingerprint density at radius 3 is 2.50 bits per heavy atom. The first-order valence-corrected chi connectivity index (χ1v) is 9.74. The molecule has 0 saturated carbocycles. The molecule has 24 heavy (non-hydrogen) atoms. The second-order valence-electron chi connectivity index (χ2n) is 6.24. The first-order valence-electron chi connectivity index (χ1n) is 8.16.